The van der Waals surface area contributed by atoms with Gasteiger partial charge in [-0.15, -0.1) is 0 Å². The van der Waals surface area contributed by atoms with Crippen molar-refractivity contribution in [2.24, 2.45) is 0 Å². The molecule has 1 atom stereocenters. The van der Waals surface area contributed by atoms with Crippen LogP contribution in [0, 0.1) is 0 Å². The van der Waals surface area contributed by atoms with Crippen molar-refractivity contribution < 1.29 is 19.5 Å². The van der Waals surface area contributed by atoms with Crippen LogP contribution in [0.2, 0.25) is 0 Å². The van der Waals surface area contributed by atoms with Gasteiger partial charge in [-0.1, -0.05) is 30.3 Å². The lowest BCUT2D eigenvalue weighted by Crippen LogP contribution is -2.46. The largest absolute Gasteiger partial charge is 0.479 e. The molecule has 112 valence electrons. The van der Waals surface area contributed by atoms with Gasteiger partial charge in [0.25, 0.3) is 0 Å². The number of carboxylic acids is 1. The number of carbonyl (C=O) groups excluding carboxylic acids is 2. The fourth-order valence-electron chi connectivity index (χ4n) is 2.13. The number of hydrogen-bond acceptors (Lipinski definition) is 3. The normalized spacial score (nSPS) is 16.6. The average molecular weight is 291 g/mol. The van der Waals surface area contributed by atoms with Gasteiger partial charge in [-0.2, -0.15) is 0 Å². The monoisotopic (exact) mass is 291 g/mol. The Labute approximate surface area is 121 Å². The van der Waals surface area contributed by atoms with Crippen LogP contribution >= 0.6 is 0 Å². The lowest BCUT2D eigenvalue weighted by Gasteiger charge is -2.22. The first-order valence-electron chi connectivity index (χ1n) is 6.68. The third-order valence-corrected chi connectivity index (χ3v) is 3.20. The quantitative estimate of drug-likeness (QED) is 0.748. The molecule has 0 saturated carbocycles. The Bertz CT molecular complexity index is 532. The molecule has 7 heteroatoms. The van der Waals surface area contributed by atoms with E-state index in [0.29, 0.717) is 25.1 Å². The number of amides is 3. The second kappa shape index (κ2) is 6.74. The first-order chi connectivity index (χ1) is 10.1. The van der Waals surface area contributed by atoms with Crippen molar-refractivity contribution in [3.63, 3.8) is 0 Å². The van der Waals surface area contributed by atoms with E-state index in [1.165, 1.54) is 4.90 Å². The Balaban J connectivity index is 2.08. The summed E-state index contributed by atoms with van der Waals surface area (Å²) in [6.45, 7) is 0.863. The minimum Gasteiger partial charge on any atom is -0.479 e. The molecule has 1 heterocycles. The maximum atomic E-state index is 12.2. The number of carbonyl (C=O) groups is 3. The second-order valence-electron chi connectivity index (χ2n) is 4.76. The summed E-state index contributed by atoms with van der Waals surface area (Å²) in [5, 5.41) is 14.4. The van der Waals surface area contributed by atoms with E-state index in [-0.39, 0.29) is 12.5 Å². The highest BCUT2D eigenvalue weighted by Crippen LogP contribution is 2.13. The molecule has 1 saturated heterocycles. The summed E-state index contributed by atoms with van der Waals surface area (Å²) in [7, 11) is 0. The number of carboxylic acid groups (broad SMARTS) is 1. The zero-order valence-corrected chi connectivity index (χ0v) is 11.4. The fraction of sp³-hybridized carbons (Fsp3) is 0.357. The number of aliphatic carboxylic acids is 1. The predicted molar refractivity (Wildman–Crippen MR) is 74.6 cm³/mol. The maximum Gasteiger partial charge on any atom is 0.330 e. The number of nitrogens with one attached hydrogen (secondary N) is 2. The molecule has 0 bridgehead atoms. The van der Waals surface area contributed by atoms with Gasteiger partial charge in [0, 0.05) is 13.1 Å². The molecule has 0 radical (unpaired) electrons. The third kappa shape index (κ3) is 3.95. The van der Waals surface area contributed by atoms with E-state index < -0.39 is 18.0 Å². The van der Waals surface area contributed by atoms with Crippen LogP contribution in [0.5, 0.6) is 0 Å². The first kappa shape index (κ1) is 14.8. The van der Waals surface area contributed by atoms with Crippen molar-refractivity contribution in [1.82, 2.24) is 15.5 Å². The number of urea groups is 1. The van der Waals surface area contributed by atoms with Crippen LogP contribution in [0.15, 0.2) is 30.3 Å². The van der Waals surface area contributed by atoms with Gasteiger partial charge in [-0.3, -0.25) is 4.79 Å². The molecular formula is C14H17N3O4. The molecule has 1 aliphatic rings. The van der Waals surface area contributed by atoms with E-state index in [1.807, 2.05) is 0 Å². The smallest absolute Gasteiger partial charge is 0.330 e. The Kier molecular flexibility index (Phi) is 4.76. The van der Waals surface area contributed by atoms with Crippen molar-refractivity contribution in [3.05, 3.63) is 35.9 Å². The molecule has 1 fully saturated rings. The van der Waals surface area contributed by atoms with Crippen molar-refractivity contribution in [2.45, 2.75) is 12.5 Å². The van der Waals surface area contributed by atoms with Gasteiger partial charge < -0.3 is 20.6 Å². The highest BCUT2D eigenvalue weighted by Gasteiger charge is 2.26. The molecule has 3 N–H and O–H groups in total. The van der Waals surface area contributed by atoms with E-state index in [0.717, 1.165) is 0 Å². The number of rotatable bonds is 3. The molecule has 1 aliphatic heterocycles. The zero-order chi connectivity index (χ0) is 15.2. The summed E-state index contributed by atoms with van der Waals surface area (Å²) < 4.78 is 0. The van der Waals surface area contributed by atoms with E-state index in [9.17, 15) is 19.5 Å². The number of hydrogen-bond donors (Lipinski definition) is 3. The topological polar surface area (TPSA) is 98.7 Å². The SMILES string of the molecule is O=C1CN(C(=O)N[C@H](C(=O)O)c2ccccc2)CCCN1. The van der Waals surface area contributed by atoms with Crippen LogP contribution in [-0.4, -0.2) is 47.5 Å². The van der Waals surface area contributed by atoms with Gasteiger partial charge in [0.1, 0.15) is 6.54 Å². The Morgan fingerprint density at radius 2 is 2.00 bits per heavy atom. The second-order valence-corrected chi connectivity index (χ2v) is 4.76. The van der Waals surface area contributed by atoms with Gasteiger partial charge in [0.05, 0.1) is 0 Å². The highest BCUT2D eigenvalue weighted by atomic mass is 16.4. The summed E-state index contributed by atoms with van der Waals surface area (Å²) in [6, 6.07) is 6.76. The summed E-state index contributed by atoms with van der Waals surface area (Å²) in [4.78, 5) is 36.3. The van der Waals surface area contributed by atoms with Gasteiger partial charge in [-0.05, 0) is 12.0 Å². The minimum atomic E-state index is -1.14. The molecule has 0 spiro atoms. The zero-order valence-electron chi connectivity index (χ0n) is 11.4. The first-order valence-corrected chi connectivity index (χ1v) is 6.68. The van der Waals surface area contributed by atoms with Crippen LogP contribution < -0.4 is 10.6 Å². The fourth-order valence-corrected chi connectivity index (χ4v) is 2.13. The summed E-state index contributed by atoms with van der Waals surface area (Å²) in [5.74, 6) is -1.39. The van der Waals surface area contributed by atoms with Gasteiger partial charge >= 0.3 is 12.0 Å². The molecule has 7 nitrogen and oxygen atoms in total. The highest BCUT2D eigenvalue weighted by molar-refractivity contribution is 5.87. The van der Waals surface area contributed by atoms with Crippen molar-refractivity contribution >= 4 is 17.9 Å². The standard InChI is InChI=1S/C14H17N3O4/c18-11-9-17(8-4-7-15-11)14(21)16-12(13(19)20)10-5-2-1-3-6-10/h1-3,5-6,12H,4,7-9H2,(H,15,18)(H,16,21)(H,19,20)/t12-/m0/s1. The minimum absolute atomic E-state index is 0.0625. The van der Waals surface area contributed by atoms with Crippen molar-refractivity contribution in [1.29, 1.82) is 0 Å². The molecule has 3 amide bonds. The predicted octanol–water partition coefficient (Wildman–Crippen LogP) is 0.344. The van der Waals surface area contributed by atoms with Crippen LogP contribution in [0.4, 0.5) is 4.79 Å². The van der Waals surface area contributed by atoms with E-state index in [4.69, 9.17) is 0 Å². The summed E-state index contributed by atoms with van der Waals surface area (Å²) in [6.07, 6.45) is 0.641. The molecule has 2 rings (SSSR count). The Morgan fingerprint density at radius 3 is 2.67 bits per heavy atom. The van der Waals surface area contributed by atoms with Gasteiger partial charge in [-0.25, -0.2) is 9.59 Å². The van der Waals surface area contributed by atoms with E-state index >= 15 is 0 Å². The molecule has 1 aromatic rings. The maximum absolute atomic E-state index is 12.2. The van der Waals surface area contributed by atoms with Crippen LogP contribution in [-0.2, 0) is 9.59 Å². The molecule has 1 aromatic carbocycles. The van der Waals surface area contributed by atoms with Gasteiger partial charge in [0.15, 0.2) is 6.04 Å². The molecule has 0 aromatic heterocycles. The Hall–Kier alpha value is -2.57. The molecule has 21 heavy (non-hydrogen) atoms. The molecular weight excluding hydrogens is 274 g/mol. The number of benzene rings is 1. The Morgan fingerprint density at radius 1 is 1.29 bits per heavy atom. The molecule has 0 unspecified atom stereocenters. The summed E-state index contributed by atoms with van der Waals surface area (Å²) in [5.41, 5.74) is 0.484. The van der Waals surface area contributed by atoms with E-state index in [1.54, 1.807) is 30.3 Å². The third-order valence-electron chi connectivity index (χ3n) is 3.20. The van der Waals surface area contributed by atoms with E-state index in [2.05, 4.69) is 10.6 Å². The van der Waals surface area contributed by atoms with Crippen LogP contribution in [0.25, 0.3) is 0 Å². The van der Waals surface area contributed by atoms with Crippen molar-refractivity contribution in [2.75, 3.05) is 19.6 Å². The van der Waals surface area contributed by atoms with Crippen LogP contribution in [0.3, 0.4) is 0 Å². The average Bonchev–Trinajstić information content (AvgIpc) is 2.69. The molecule has 0 aliphatic carbocycles. The number of nitrogens with zero attached hydrogens (tertiary/aromatic N) is 1. The lowest BCUT2D eigenvalue weighted by atomic mass is 10.1. The summed E-state index contributed by atoms with van der Waals surface area (Å²) >= 11 is 0. The van der Waals surface area contributed by atoms with Crippen molar-refractivity contribution in [3.8, 4) is 0 Å². The van der Waals surface area contributed by atoms with Crippen LogP contribution in [0.1, 0.15) is 18.0 Å². The lowest BCUT2D eigenvalue weighted by molar-refractivity contribution is -0.139. The van der Waals surface area contributed by atoms with Gasteiger partial charge in [0.2, 0.25) is 5.91 Å².